The summed E-state index contributed by atoms with van der Waals surface area (Å²) in [6.07, 6.45) is 1.97. The van der Waals surface area contributed by atoms with E-state index in [9.17, 15) is 38.7 Å². The van der Waals surface area contributed by atoms with Crippen molar-refractivity contribution < 1.29 is 57.6 Å². The highest BCUT2D eigenvalue weighted by molar-refractivity contribution is 5.95. The van der Waals surface area contributed by atoms with Crippen LogP contribution >= 0.6 is 0 Å². The van der Waals surface area contributed by atoms with Gasteiger partial charge in [-0.2, -0.15) is 0 Å². The van der Waals surface area contributed by atoms with E-state index in [0.717, 1.165) is 24.8 Å². The number of benzene rings is 1. The Morgan fingerprint density at radius 3 is 2.01 bits per heavy atom. The van der Waals surface area contributed by atoms with Gasteiger partial charge in [0.25, 0.3) is 0 Å². The molecule has 418 valence electrons. The summed E-state index contributed by atoms with van der Waals surface area (Å²) < 4.78 is 24.2. The van der Waals surface area contributed by atoms with E-state index >= 15 is 0 Å². The van der Waals surface area contributed by atoms with Crippen molar-refractivity contribution in [3.05, 3.63) is 35.9 Å². The van der Waals surface area contributed by atoms with Crippen LogP contribution in [-0.2, 0) is 54.1 Å². The highest BCUT2D eigenvalue weighted by atomic mass is 16.6. The van der Waals surface area contributed by atoms with Crippen LogP contribution in [0.3, 0.4) is 0 Å². The van der Waals surface area contributed by atoms with Crippen LogP contribution in [0, 0.1) is 40.4 Å². The lowest BCUT2D eigenvalue weighted by Crippen LogP contribution is -2.57. The van der Waals surface area contributed by atoms with Crippen molar-refractivity contribution >= 4 is 41.5 Å². The highest BCUT2D eigenvalue weighted by Crippen LogP contribution is 2.60. The fraction of sp³-hybridized carbons (Fsp3) is 0.764. The summed E-state index contributed by atoms with van der Waals surface area (Å²) >= 11 is 0. The number of nitrogens with one attached hydrogen (secondary N) is 7. The molecule has 0 aromatic heterocycles. The SMILES string of the molecule is COC1C(OC(=O)NCCNC(=O)CNC(=O)[C@H](CC(C)C)NC(=O)[C@H](Cc2ccccc2)NC(=O)CNC(=O)C(C)(CC(C)(CC(C)C)C(=O)NCC(C)O)C(C)C)CC[C@]2(CO2)C1[C@]1(C)O[C@@H]1CCC(C)C. The average molecular weight is 1040 g/mol. The maximum atomic E-state index is 14.1. The summed E-state index contributed by atoms with van der Waals surface area (Å²) in [5.41, 5.74) is -2.10. The van der Waals surface area contributed by atoms with Gasteiger partial charge in [-0.15, -0.1) is 0 Å². The Labute approximate surface area is 440 Å². The number of amides is 7. The first-order valence-electron chi connectivity index (χ1n) is 26.9. The standard InChI is InChI=1S/C55H91N7O12/c1-33(2)19-20-42-54(12,74-42)46-45(71-13)41(21-22-55(46)32-72-55)73-51(70)57-24-23-56-43(64)29-58-47(66)39(25-34(3)4)62-48(67)40(26-38-17-15-14-16-18-38)61-44(65)30-60-50(69)53(11,36(7)8)31-52(10,27-35(5)6)49(68)59-28-37(9)63/h14-18,33-37,39-42,45-46,63H,19-32H2,1-13H3,(H,56,64)(H,57,70)(H,58,66)(H,59,68)(H,60,69)(H,61,65)(H,62,67)/t37?,39-,40-,41?,42+,45?,46?,52?,53?,54+,55-/m0/s1. The summed E-state index contributed by atoms with van der Waals surface area (Å²) in [4.78, 5) is 94.8. The van der Waals surface area contributed by atoms with Crippen LogP contribution < -0.4 is 37.2 Å². The maximum absolute atomic E-state index is 14.1. The molecule has 1 saturated carbocycles. The van der Waals surface area contributed by atoms with Crippen LogP contribution in [0.2, 0.25) is 0 Å². The minimum atomic E-state index is -1.15. The van der Waals surface area contributed by atoms with E-state index in [4.69, 9.17) is 18.9 Å². The molecule has 1 spiro atoms. The van der Waals surface area contributed by atoms with Crippen molar-refractivity contribution in [3.63, 3.8) is 0 Å². The number of carbonyl (C=O) groups is 7. The van der Waals surface area contributed by atoms with Crippen LogP contribution in [0.25, 0.3) is 0 Å². The molecule has 2 heterocycles. The lowest BCUT2D eigenvalue weighted by atomic mass is 9.64. The maximum Gasteiger partial charge on any atom is 0.407 e. The van der Waals surface area contributed by atoms with E-state index in [1.165, 1.54) is 0 Å². The topological polar surface area (TPSA) is 267 Å². The van der Waals surface area contributed by atoms with Crippen LogP contribution in [0.4, 0.5) is 4.79 Å². The number of carbonyl (C=O) groups excluding carboxylic acids is 7. The molecular formula is C55H91N7O12. The normalized spacial score (nSPS) is 24.9. The number of ether oxygens (including phenoxy) is 4. The van der Waals surface area contributed by atoms with Gasteiger partial charge in [0.1, 0.15) is 35.5 Å². The summed E-state index contributed by atoms with van der Waals surface area (Å²) in [5, 5.41) is 28.9. The molecule has 19 heteroatoms. The van der Waals surface area contributed by atoms with Crippen molar-refractivity contribution in [1.82, 2.24) is 37.2 Å². The van der Waals surface area contributed by atoms with Gasteiger partial charge >= 0.3 is 6.09 Å². The molecule has 6 unspecified atom stereocenters. The largest absolute Gasteiger partial charge is 0.443 e. The number of epoxide rings is 2. The molecule has 0 radical (unpaired) electrons. The zero-order chi connectivity index (χ0) is 55.2. The number of aliphatic hydroxyl groups is 1. The van der Waals surface area contributed by atoms with Crippen molar-refractivity contribution in [3.8, 4) is 0 Å². The Hall–Kier alpha value is -4.85. The fourth-order valence-electron chi connectivity index (χ4n) is 10.8. The molecule has 1 aromatic rings. The molecule has 3 fully saturated rings. The monoisotopic (exact) mass is 1040 g/mol. The van der Waals surface area contributed by atoms with Crippen molar-refractivity contribution in [1.29, 1.82) is 0 Å². The third-order valence-corrected chi connectivity index (χ3v) is 15.1. The van der Waals surface area contributed by atoms with E-state index in [0.29, 0.717) is 25.4 Å². The second kappa shape index (κ2) is 27.3. The highest BCUT2D eigenvalue weighted by Gasteiger charge is 2.72. The summed E-state index contributed by atoms with van der Waals surface area (Å²) in [5.74, 6) is -2.83. The van der Waals surface area contributed by atoms with Crippen molar-refractivity contribution in [2.24, 2.45) is 40.4 Å². The molecule has 74 heavy (non-hydrogen) atoms. The molecule has 4 rings (SSSR count). The first-order valence-corrected chi connectivity index (χ1v) is 26.9. The van der Waals surface area contributed by atoms with Gasteiger partial charge in [-0.3, -0.25) is 28.8 Å². The number of hydrogen-bond acceptors (Lipinski definition) is 12. The zero-order valence-electron chi connectivity index (χ0n) is 46.6. The number of rotatable bonds is 30. The minimum absolute atomic E-state index is 0.0505. The smallest absolute Gasteiger partial charge is 0.407 e. The first-order chi connectivity index (χ1) is 34.7. The van der Waals surface area contributed by atoms with Crippen molar-refractivity contribution in [2.45, 2.75) is 182 Å². The van der Waals surface area contributed by atoms with Crippen LogP contribution in [0.1, 0.15) is 134 Å². The molecule has 2 aliphatic heterocycles. The number of aliphatic hydroxyl groups excluding tert-OH is 1. The van der Waals surface area contributed by atoms with Gasteiger partial charge in [-0.25, -0.2) is 4.79 Å². The van der Waals surface area contributed by atoms with Gasteiger partial charge in [0, 0.05) is 44.0 Å². The Morgan fingerprint density at radius 1 is 0.784 bits per heavy atom. The molecular weight excluding hydrogens is 951 g/mol. The lowest BCUT2D eigenvalue weighted by Gasteiger charge is -2.42. The van der Waals surface area contributed by atoms with Crippen LogP contribution in [0.15, 0.2) is 30.3 Å². The van der Waals surface area contributed by atoms with E-state index in [2.05, 4.69) is 58.0 Å². The molecule has 3 aliphatic rings. The van der Waals surface area contributed by atoms with Gasteiger partial charge in [-0.1, -0.05) is 99.6 Å². The van der Waals surface area contributed by atoms with E-state index in [1.807, 2.05) is 54.5 Å². The van der Waals surface area contributed by atoms with Gasteiger partial charge in [0.2, 0.25) is 35.4 Å². The van der Waals surface area contributed by atoms with Crippen LogP contribution in [-0.4, -0.2) is 141 Å². The molecule has 7 amide bonds. The fourth-order valence-corrected chi connectivity index (χ4v) is 10.8. The Bertz CT molecular complexity index is 2050. The van der Waals surface area contributed by atoms with E-state index in [1.54, 1.807) is 45.2 Å². The average Bonchev–Trinajstić information content (AvgIpc) is 4.25. The van der Waals surface area contributed by atoms with E-state index < -0.39 is 95.5 Å². The van der Waals surface area contributed by atoms with Crippen LogP contribution in [0.5, 0.6) is 0 Å². The van der Waals surface area contributed by atoms with Gasteiger partial charge < -0.3 is 61.3 Å². The number of alkyl carbamates (subject to hydrolysis) is 1. The zero-order valence-corrected chi connectivity index (χ0v) is 46.6. The second-order valence-corrected chi connectivity index (χ2v) is 23.4. The Balaban J connectivity index is 1.30. The molecule has 11 atom stereocenters. The molecule has 2 saturated heterocycles. The molecule has 8 N–H and O–H groups in total. The minimum Gasteiger partial charge on any atom is -0.443 e. The summed E-state index contributed by atoms with van der Waals surface area (Å²) in [7, 11) is 1.62. The van der Waals surface area contributed by atoms with Gasteiger partial charge in [-0.05, 0) is 88.0 Å². The second-order valence-electron chi connectivity index (χ2n) is 23.4. The molecule has 1 aromatic carbocycles. The summed E-state index contributed by atoms with van der Waals surface area (Å²) in [6.45, 7) is 23.1. The number of methoxy groups -OCH3 is 1. The molecule has 19 nitrogen and oxygen atoms in total. The number of hydrogen-bond donors (Lipinski definition) is 8. The quantitative estimate of drug-likeness (QED) is 0.0401. The molecule has 0 bridgehead atoms. The lowest BCUT2D eigenvalue weighted by molar-refractivity contribution is -0.142. The van der Waals surface area contributed by atoms with Gasteiger partial charge in [0.05, 0.1) is 37.8 Å². The first kappa shape index (κ1) is 61.7. The Kier molecular flexibility index (Phi) is 22.7. The predicted octanol–water partition coefficient (Wildman–Crippen LogP) is 4.08. The van der Waals surface area contributed by atoms with Gasteiger partial charge in [0.15, 0.2) is 0 Å². The predicted molar refractivity (Wildman–Crippen MR) is 280 cm³/mol. The third-order valence-electron chi connectivity index (χ3n) is 15.1. The summed E-state index contributed by atoms with van der Waals surface area (Å²) in [6, 6.07) is 6.81. The molecule has 1 aliphatic carbocycles. The Morgan fingerprint density at radius 2 is 1.43 bits per heavy atom. The third kappa shape index (κ3) is 17.6. The van der Waals surface area contributed by atoms with E-state index in [-0.39, 0.29) is 80.2 Å². The van der Waals surface area contributed by atoms with Crippen molar-refractivity contribution in [2.75, 3.05) is 46.4 Å².